The van der Waals surface area contributed by atoms with Crippen LogP contribution >= 0.6 is 11.3 Å². The number of imide groups is 1. The molecule has 4 rings (SSSR count). The molecule has 2 fully saturated rings. The summed E-state index contributed by atoms with van der Waals surface area (Å²) in [5, 5.41) is 16.0. The zero-order chi connectivity index (χ0) is 23.8. The number of nitriles is 1. The molecule has 7 nitrogen and oxygen atoms in total. The van der Waals surface area contributed by atoms with E-state index in [9.17, 15) is 19.6 Å². The molecule has 0 unspecified atom stereocenters. The van der Waals surface area contributed by atoms with Crippen LogP contribution in [0.3, 0.4) is 0 Å². The van der Waals surface area contributed by atoms with Crippen LogP contribution in [0, 0.1) is 22.7 Å². The van der Waals surface area contributed by atoms with Gasteiger partial charge in [-0.3, -0.25) is 14.5 Å². The first-order valence-electron chi connectivity index (χ1n) is 12.2. The van der Waals surface area contributed by atoms with Crippen molar-refractivity contribution in [2.75, 3.05) is 11.9 Å². The molecule has 1 atom stereocenters. The summed E-state index contributed by atoms with van der Waals surface area (Å²) < 4.78 is 0. The number of nitrogens with zero attached hydrogens (tertiary/aromatic N) is 2. The van der Waals surface area contributed by atoms with Gasteiger partial charge in [-0.1, -0.05) is 52.9 Å². The minimum Gasteiger partial charge on any atom is -0.323 e. The molecule has 2 N–H and O–H groups in total. The van der Waals surface area contributed by atoms with E-state index in [1.165, 1.54) is 16.2 Å². The molecule has 4 amide bonds. The van der Waals surface area contributed by atoms with Crippen LogP contribution in [0.15, 0.2) is 0 Å². The van der Waals surface area contributed by atoms with Crippen LogP contribution in [0.25, 0.3) is 0 Å². The minimum absolute atomic E-state index is 0.231. The highest BCUT2D eigenvalue weighted by Crippen LogP contribution is 2.45. The number of hydrogen-bond acceptors (Lipinski definition) is 5. The van der Waals surface area contributed by atoms with Gasteiger partial charge in [0.2, 0.25) is 5.91 Å². The van der Waals surface area contributed by atoms with E-state index >= 15 is 0 Å². The molecule has 1 saturated carbocycles. The Hall–Kier alpha value is -2.40. The molecule has 1 spiro atoms. The monoisotopic (exact) mass is 470 g/mol. The molecule has 33 heavy (non-hydrogen) atoms. The lowest BCUT2D eigenvalue weighted by atomic mass is 9.69. The maximum atomic E-state index is 13.1. The third-order valence-corrected chi connectivity index (χ3v) is 9.32. The molecule has 1 aromatic rings. The van der Waals surface area contributed by atoms with Crippen molar-refractivity contribution in [3.05, 3.63) is 16.0 Å². The van der Waals surface area contributed by atoms with Crippen molar-refractivity contribution in [2.45, 2.75) is 90.5 Å². The van der Waals surface area contributed by atoms with Gasteiger partial charge in [-0.25, -0.2) is 4.79 Å². The van der Waals surface area contributed by atoms with Gasteiger partial charge in [0.1, 0.15) is 23.2 Å². The van der Waals surface area contributed by atoms with E-state index in [2.05, 4.69) is 37.5 Å². The summed E-state index contributed by atoms with van der Waals surface area (Å²) in [6.45, 7) is 6.48. The van der Waals surface area contributed by atoms with Gasteiger partial charge < -0.3 is 10.6 Å². The second-order valence-electron chi connectivity index (χ2n) is 10.5. The predicted octanol–water partition coefficient (Wildman–Crippen LogP) is 4.74. The maximum Gasteiger partial charge on any atom is 0.325 e. The van der Waals surface area contributed by atoms with Gasteiger partial charge in [-0.15, -0.1) is 11.3 Å². The topological polar surface area (TPSA) is 102 Å². The average Bonchev–Trinajstić information content (AvgIpc) is 3.10. The molecule has 2 aliphatic carbocycles. The van der Waals surface area contributed by atoms with E-state index in [4.69, 9.17) is 0 Å². The van der Waals surface area contributed by atoms with Crippen molar-refractivity contribution < 1.29 is 14.4 Å². The van der Waals surface area contributed by atoms with Crippen LogP contribution in [0.1, 0.15) is 88.1 Å². The Morgan fingerprint density at radius 1 is 1.27 bits per heavy atom. The van der Waals surface area contributed by atoms with Crippen LogP contribution < -0.4 is 10.6 Å². The SMILES string of the molecule is CCC(C)(C)[C@H]1CCc2c(sc(NC(=O)CN3C(=O)NC4(CCCCCC4)C3=O)c2C#N)C1. The number of thiophene rings is 1. The van der Waals surface area contributed by atoms with Crippen molar-refractivity contribution >= 4 is 34.2 Å². The molecule has 8 heteroatoms. The fourth-order valence-corrected chi connectivity index (χ4v) is 6.84. The maximum absolute atomic E-state index is 13.1. The molecule has 1 saturated heterocycles. The van der Waals surface area contributed by atoms with Gasteiger partial charge in [0.25, 0.3) is 5.91 Å². The van der Waals surface area contributed by atoms with Gasteiger partial charge in [0, 0.05) is 4.88 Å². The molecule has 1 aliphatic heterocycles. The van der Waals surface area contributed by atoms with Gasteiger partial charge in [-0.2, -0.15) is 5.26 Å². The Morgan fingerprint density at radius 3 is 2.61 bits per heavy atom. The first kappa shape index (κ1) is 23.7. The van der Waals surface area contributed by atoms with Crippen molar-refractivity contribution in [3.63, 3.8) is 0 Å². The number of urea groups is 1. The lowest BCUT2D eigenvalue weighted by molar-refractivity contribution is -0.134. The zero-order valence-corrected chi connectivity index (χ0v) is 20.7. The Labute approximate surface area is 199 Å². The van der Waals surface area contributed by atoms with E-state index in [0.29, 0.717) is 29.3 Å². The Kier molecular flexibility index (Phi) is 6.54. The summed E-state index contributed by atoms with van der Waals surface area (Å²) in [6.07, 6.45) is 9.06. The number of carbonyl (C=O) groups excluding carboxylic acids is 3. The van der Waals surface area contributed by atoms with Crippen LogP contribution in [0.4, 0.5) is 9.80 Å². The van der Waals surface area contributed by atoms with E-state index in [1.54, 1.807) is 0 Å². The van der Waals surface area contributed by atoms with E-state index in [1.807, 2.05) is 0 Å². The third kappa shape index (κ3) is 4.40. The highest BCUT2D eigenvalue weighted by atomic mass is 32.1. The van der Waals surface area contributed by atoms with Crippen LogP contribution in [-0.4, -0.2) is 34.8 Å². The van der Waals surface area contributed by atoms with Crippen LogP contribution in [0.5, 0.6) is 0 Å². The fourth-order valence-electron chi connectivity index (χ4n) is 5.55. The average molecular weight is 471 g/mol. The lowest BCUT2D eigenvalue weighted by Gasteiger charge is -2.36. The summed E-state index contributed by atoms with van der Waals surface area (Å²) in [6, 6.07) is 1.78. The first-order chi connectivity index (χ1) is 15.7. The second-order valence-corrected chi connectivity index (χ2v) is 11.6. The van der Waals surface area contributed by atoms with Crippen molar-refractivity contribution in [2.24, 2.45) is 11.3 Å². The number of carbonyl (C=O) groups is 3. The molecular weight excluding hydrogens is 436 g/mol. The molecule has 2 heterocycles. The number of fused-ring (bicyclic) bond motifs is 1. The fraction of sp³-hybridized carbons (Fsp3) is 0.680. The van der Waals surface area contributed by atoms with Crippen molar-refractivity contribution in [3.8, 4) is 6.07 Å². The summed E-state index contributed by atoms with van der Waals surface area (Å²) >= 11 is 1.47. The number of amides is 4. The van der Waals surface area contributed by atoms with Crippen molar-refractivity contribution in [1.82, 2.24) is 10.2 Å². The Bertz CT molecular complexity index is 998. The predicted molar refractivity (Wildman–Crippen MR) is 128 cm³/mol. The van der Waals surface area contributed by atoms with E-state index in [-0.39, 0.29) is 17.9 Å². The van der Waals surface area contributed by atoms with Gasteiger partial charge in [0.15, 0.2) is 0 Å². The van der Waals surface area contributed by atoms with Gasteiger partial charge >= 0.3 is 6.03 Å². The molecule has 0 bridgehead atoms. The minimum atomic E-state index is -0.852. The molecule has 0 radical (unpaired) electrons. The smallest absolute Gasteiger partial charge is 0.323 e. The van der Waals surface area contributed by atoms with Crippen LogP contribution in [-0.2, 0) is 22.4 Å². The number of anilines is 1. The van der Waals surface area contributed by atoms with E-state index in [0.717, 1.165) is 61.8 Å². The van der Waals surface area contributed by atoms with Crippen LogP contribution in [0.2, 0.25) is 0 Å². The van der Waals surface area contributed by atoms with Crippen molar-refractivity contribution in [1.29, 1.82) is 5.26 Å². The zero-order valence-electron chi connectivity index (χ0n) is 19.9. The second kappa shape index (κ2) is 9.09. The number of hydrogen-bond donors (Lipinski definition) is 2. The Balaban J connectivity index is 1.47. The van der Waals surface area contributed by atoms with E-state index < -0.39 is 17.5 Å². The highest BCUT2D eigenvalue weighted by Gasteiger charge is 2.51. The molecule has 178 valence electrons. The highest BCUT2D eigenvalue weighted by molar-refractivity contribution is 7.16. The summed E-state index contributed by atoms with van der Waals surface area (Å²) in [5.74, 6) is -0.185. The molecule has 1 aromatic heterocycles. The quantitative estimate of drug-likeness (QED) is 0.607. The summed E-state index contributed by atoms with van der Waals surface area (Å²) in [4.78, 5) is 40.7. The lowest BCUT2D eigenvalue weighted by Crippen LogP contribution is -2.47. The van der Waals surface area contributed by atoms with Gasteiger partial charge in [-0.05, 0) is 49.0 Å². The van der Waals surface area contributed by atoms with Gasteiger partial charge in [0.05, 0.1) is 5.56 Å². The molecule has 3 aliphatic rings. The normalized spacial score (nSPS) is 22.5. The molecule has 0 aromatic carbocycles. The number of rotatable bonds is 5. The summed E-state index contributed by atoms with van der Waals surface area (Å²) in [5.41, 5.74) is 0.964. The first-order valence-corrected chi connectivity index (χ1v) is 13.0. The number of nitrogens with one attached hydrogen (secondary N) is 2. The standard InChI is InChI=1S/C25H34N4O3S/c1-4-24(2,3)16-9-10-17-18(14-26)21(33-19(17)13-16)27-20(30)15-29-22(31)25(28-23(29)32)11-7-5-6-8-12-25/h16H,4-13,15H2,1-3H3,(H,27,30)(H,28,32)/t16-/m0/s1. The third-order valence-electron chi connectivity index (χ3n) is 8.15. The molecular formula is C25H34N4O3S. The largest absolute Gasteiger partial charge is 0.325 e. The summed E-state index contributed by atoms with van der Waals surface area (Å²) in [7, 11) is 0. The Morgan fingerprint density at radius 2 is 1.97 bits per heavy atom.